The Labute approximate surface area is 458 Å². The maximum absolute atomic E-state index is 13.4. The molecule has 0 aromatic rings. The second-order valence-corrected chi connectivity index (χ2v) is 21.4. The van der Waals surface area contributed by atoms with Gasteiger partial charge in [-0.2, -0.15) is 0 Å². The maximum atomic E-state index is 13.4. The summed E-state index contributed by atoms with van der Waals surface area (Å²) in [6, 6.07) is -1.03. The predicted molar refractivity (Wildman–Crippen MR) is 310 cm³/mol. The van der Waals surface area contributed by atoms with E-state index >= 15 is 0 Å². The molecule has 6 N–H and O–H groups in total. The molecule has 0 saturated carbocycles. The van der Waals surface area contributed by atoms with Crippen LogP contribution in [-0.4, -0.2) is 99.6 Å². The number of carbonyl (C=O) groups is 2. The Morgan fingerprint density at radius 1 is 0.520 bits per heavy atom. The normalized spacial score (nSPS) is 19.6. The molecule has 1 heterocycles. The summed E-state index contributed by atoms with van der Waals surface area (Å²) in [5.74, 6) is -1.20. The van der Waals surface area contributed by atoms with Gasteiger partial charge in [-0.3, -0.25) is 9.59 Å². The Balaban J connectivity index is 2.67. The number of hydrogen-bond acceptors (Lipinski definition) is 10. The molecule has 0 radical (unpaired) electrons. The van der Waals surface area contributed by atoms with Crippen LogP contribution in [0.4, 0.5) is 0 Å². The van der Waals surface area contributed by atoms with Crippen molar-refractivity contribution in [1.29, 1.82) is 0 Å². The van der Waals surface area contributed by atoms with Crippen molar-refractivity contribution in [3.8, 4) is 0 Å². The Hall–Kier alpha value is -2.64. The Bertz CT molecular complexity index is 1450. The molecule has 1 rings (SSSR count). The number of amides is 1. The van der Waals surface area contributed by atoms with Crippen molar-refractivity contribution in [2.45, 2.75) is 320 Å². The smallest absolute Gasteiger partial charge is 0.306 e. The number of ether oxygens (including phenoxy) is 3. The zero-order valence-electron chi connectivity index (χ0n) is 48.2. The highest BCUT2D eigenvalue weighted by atomic mass is 16.7. The van der Waals surface area contributed by atoms with Crippen LogP contribution in [0.25, 0.3) is 0 Å². The van der Waals surface area contributed by atoms with Gasteiger partial charge in [0.25, 0.3) is 0 Å². The van der Waals surface area contributed by atoms with E-state index in [1.807, 2.05) is 6.08 Å². The number of carbonyl (C=O) groups excluding carboxylic acids is 2. The third-order valence-electron chi connectivity index (χ3n) is 14.4. The standard InChI is InChI=1S/C64H115NO10/c1-4-7-10-13-16-19-22-24-26-27-28-29-30-32-33-36-39-42-45-48-51-57(68)63(72)65-55(56(67)50-47-44-41-38-35-21-18-15-12-9-6-3)54-73-64-62(61(71)60(70)58(53-66)74-64)75-59(69)52-49-46-43-40-37-34-31-25-23-20-17-14-11-8-5-2/h16,19-20,23-24,26,28-29,47,50,55-58,60-62,64,66-68,70-71H,4-15,17-18,21-22,25,27,30-46,48-49,51-54H2,1-3H3,(H,65,72)/b19-16-,23-20-,26-24-,29-28-,50-47+. The van der Waals surface area contributed by atoms with Gasteiger partial charge in [0.05, 0.1) is 25.4 Å². The van der Waals surface area contributed by atoms with E-state index in [4.69, 9.17) is 14.2 Å². The Kier molecular flexibility index (Phi) is 48.9. The van der Waals surface area contributed by atoms with Crippen LogP contribution in [0.5, 0.6) is 0 Å². The lowest BCUT2D eigenvalue weighted by Gasteiger charge is -2.41. The molecule has 0 aromatic carbocycles. The van der Waals surface area contributed by atoms with Crippen molar-refractivity contribution in [2.75, 3.05) is 13.2 Å². The molecular formula is C64H115NO10. The average Bonchev–Trinajstić information content (AvgIpc) is 3.41. The first kappa shape index (κ1) is 70.4. The summed E-state index contributed by atoms with van der Waals surface area (Å²) in [6.45, 7) is 5.74. The number of aliphatic hydroxyl groups is 5. The zero-order valence-corrected chi connectivity index (χ0v) is 48.2. The average molecular weight is 1060 g/mol. The molecule has 0 bridgehead atoms. The summed E-state index contributed by atoms with van der Waals surface area (Å²) in [4.78, 5) is 26.5. The van der Waals surface area contributed by atoms with E-state index in [-0.39, 0.29) is 19.4 Å². The summed E-state index contributed by atoms with van der Waals surface area (Å²) >= 11 is 0. The lowest BCUT2D eigenvalue weighted by molar-refractivity contribution is -0.305. The summed E-state index contributed by atoms with van der Waals surface area (Å²) in [6.07, 6.45) is 54.0. The van der Waals surface area contributed by atoms with Gasteiger partial charge in [-0.1, -0.05) is 236 Å². The van der Waals surface area contributed by atoms with Gasteiger partial charge in [0.2, 0.25) is 5.91 Å². The third kappa shape index (κ3) is 40.2. The van der Waals surface area contributed by atoms with E-state index < -0.39 is 67.4 Å². The van der Waals surface area contributed by atoms with Crippen LogP contribution < -0.4 is 5.32 Å². The quantitative estimate of drug-likeness (QED) is 0.0195. The molecule has 1 fully saturated rings. The minimum atomic E-state index is -1.62. The van der Waals surface area contributed by atoms with Crippen LogP contribution in [0.15, 0.2) is 60.8 Å². The van der Waals surface area contributed by atoms with Crippen molar-refractivity contribution >= 4 is 11.9 Å². The van der Waals surface area contributed by atoms with E-state index in [1.165, 1.54) is 128 Å². The monoisotopic (exact) mass is 1060 g/mol. The minimum Gasteiger partial charge on any atom is -0.454 e. The lowest BCUT2D eigenvalue weighted by atomic mass is 9.99. The topological polar surface area (TPSA) is 175 Å². The Morgan fingerprint density at radius 2 is 0.920 bits per heavy atom. The Morgan fingerprint density at radius 3 is 1.43 bits per heavy atom. The summed E-state index contributed by atoms with van der Waals surface area (Å²) in [5.41, 5.74) is 0. The van der Waals surface area contributed by atoms with Crippen LogP contribution in [-0.2, 0) is 23.8 Å². The number of nitrogens with one attached hydrogen (secondary N) is 1. The summed E-state index contributed by atoms with van der Waals surface area (Å²) in [7, 11) is 0. The zero-order chi connectivity index (χ0) is 54.7. The van der Waals surface area contributed by atoms with E-state index in [9.17, 15) is 35.1 Å². The molecule has 1 aliphatic heterocycles. The van der Waals surface area contributed by atoms with Gasteiger partial charge in [-0.05, 0) is 89.9 Å². The van der Waals surface area contributed by atoms with Crippen LogP contribution >= 0.6 is 0 Å². The highest BCUT2D eigenvalue weighted by Gasteiger charge is 2.47. The molecule has 0 aromatic heterocycles. The lowest BCUT2D eigenvalue weighted by Crippen LogP contribution is -2.61. The van der Waals surface area contributed by atoms with Crippen LogP contribution in [0.2, 0.25) is 0 Å². The first-order chi connectivity index (χ1) is 36.7. The van der Waals surface area contributed by atoms with Crippen molar-refractivity contribution in [3.63, 3.8) is 0 Å². The highest BCUT2D eigenvalue weighted by Crippen LogP contribution is 2.26. The number of aliphatic hydroxyl groups excluding tert-OH is 5. The predicted octanol–water partition coefficient (Wildman–Crippen LogP) is 14.6. The largest absolute Gasteiger partial charge is 0.454 e. The molecule has 11 heteroatoms. The van der Waals surface area contributed by atoms with E-state index in [1.54, 1.807) is 6.08 Å². The van der Waals surface area contributed by atoms with E-state index in [0.29, 0.717) is 12.8 Å². The number of hydrogen-bond donors (Lipinski definition) is 6. The number of unbranched alkanes of at least 4 members (excludes halogenated alkanes) is 30. The molecule has 436 valence electrons. The fourth-order valence-electron chi connectivity index (χ4n) is 9.42. The van der Waals surface area contributed by atoms with Gasteiger partial charge >= 0.3 is 5.97 Å². The third-order valence-corrected chi connectivity index (χ3v) is 14.4. The fourth-order valence-corrected chi connectivity index (χ4v) is 9.42. The van der Waals surface area contributed by atoms with Gasteiger partial charge in [-0.25, -0.2) is 0 Å². The molecule has 8 atom stereocenters. The molecule has 8 unspecified atom stereocenters. The van der Waals surface area contributed by atoms with Crippen LogP contribution in [0.1, 0.15) is 271 Å². The van der Waals surface area contributed by atoms with Crippen molar-refractivity contribution in [1.82, 2.24) is 5.32 Å². The van der Waals surface area contributed by atoms with Crippen molar-refractivity contribution < 1.29 is 49.3 Å². The SMILES string of the molecule is CCCCC/C=C\C/C=C\C/C=C\CCCCCCCCCC(O)C(=O)NC(COC1OC(CO)C(O)C(O)C1OC(=O)CCCCCCCCC/C=C\CCCCCC)C(O)/C=C/CCCCCCCCCCC. The second-order valence-electron chi connectivity index (χ2n) is 21.4. The molecule has 1 saturated heterocycles. The molecule has 0 spiro atoms. The van der Waals surface area contributed by atoms with E-state index in [0.717, 1.165) is 96.3 Å². The number of rotatable bonds is 52. The molecule has 11 nitrogen and oxygen atoms in total. The van der Waals surface area contributed by atoms with Gasteiger partial charge in [0.1, 0.15) is 24.4 Å². The van der Waals surface area contributed by atoms with Gasteiger partial charge in [0.15, 0.2) is 12.4 Å². The van der Waals surface area contributed by atoms with Crippen LogP contribution in [0.3, 0.4) is 0 Å². The summed E-state index contributed by atoms with van der Waals surface area (Å²) in [5, 5.41) is 56.9. The molecule has 75 heavy (non-hydrogen) atoms. The first-order valence-electron chi connectivity index (χ1n) is 31.1. The summed E-state index contributed by atoms with van der Waals surface area (Å²) < 4.78 is 17.6. The van der Waals surface area contributed by atoms with Crippen molar-refractivity contribution in [3.05, 3.63) is 60.8 Å². The molecule has 1 aliphatic rings. The van der Waals surface area contributed by atoms with Crippen LogP contribution in [0, 0.1) is 0 Å². The molecular weight excluding hydrogens is 943 g/mol. The van der Waals surface area contributed by atoms with Gasteiger partial charge in [-0.15, -0.1) is 0 Å². The van der Waals surface area contributed by atoms with Gasteiger partial charge in [0, 0.05) is 6.42 Å². The number of esters is 1. The van der Waals surface area contributed by atoms with Gasteiger partial charge < -0.3 is 45.1 Å². The number of allylic oxidation sites excluding steroid dienone is 9. The van der Waals surface area contributed by atoms with E-state index in [2.05, 4.69) is 74.7 Å². The second kappa shape index (κ2) is 52.1. The first-order valence-corrected chi connectivity index (χ1v) is 31.1. The molecule has 0 aliphatic carbocycles. The van der Waals surface area contributed by atoms with Crippen molar-refractivity contribution in [2.24, 2.45) is 0 Å². The highest BCUT2D eigenvalue weighted by molar-refractivity contribution is 5.80. The maximum Gasteiger partial charge on any atom is 0.306 e. The minimum absolute atomic E-state index is 0.117. The fraction of sp³-hybridized carbons (Fsp3) is 0.812. The molecule has 1 amide bonds.